The van der Waals surface area contributed by atoms with Crippen LogP contribution in [0.3, 0.4) is 0 Å². The fourth-order valence-electron chi connectivity index (χ4n) is 11.2. The third kappa shape index (κ3) is 4.82. The van der Waals surface area contributed by atoms with E-state index >= 15 is 0 Å². The smallest absolute Gasteiger partial charge is 0.0159 e. The first kappa shape index (κ1) is 34.3. The van der Waals surface area contributed by atoms with Gasteiger partial charge in [-0.2, -0.15) is 0 Å². The molecule has 61 heavy (non-hydrogen) atoms. The standard InChI is InChI=1S/C61H40/c1-61(2)54-27-14-13-22-44(54)51-35-52-53(36-55(51)61)56(41-29-28-37-16-9-10-21-40(37)34-41)45-23-11-12-24-46(45)57(52)48-32-33-50-58-47(48)25-15-26-49(58)59-42(38-17-5-3-6-18-38)30-31-43(60(50)59)39-19-7-4-8-20-39/h3-36H,1-2H3. The van der Waals surface area contributed by atoms with Crippen LogP contribution in [0, 0.1) is 0 Å². The number of hydrogen-bond donors (Lipinski definition) is 0. The summed E-state index contributed by atoms with van der Waals surface area (Å²) in [6, 6.07) is 77.5. The Hall–Kier alpha value is -7.54. The van der Waals surface area contributed by atoms with Gasteiger partial charge in [-0.15, -0.1) is 0 Å². The average Bonchev–Trinajstić information content (AvgIpc) is 3.77. The summed E-state index contributed by atoms with van der Waals surface area (Å²) in [5.41, 5.74) is 20.7. The normalized spacial score (nSPS) is 13.2. The second kappa shape index (κ2) is 12.7. The highest BCUT2D eigenvalue weighted by atomic mass is 14.4. The molecule has 0 N–H and O–H groups in total. The lowest BCUT2D eigenvalue weighted by atomic mass is 9.79. The van der Waals surface area contributed by atoms with Crippen molar-refractivity contribution in [1.82, 2.24) is 0 Å². The van der Waals surface area contributed by atoms with E-state index in [1.165, 1.54) is 132 Å². The molecule has 0 nitrogen and oxygen atoms in total. The minimum atomic E-state index is -0.132. The Bertz CT molecular complexity index is 3570. The predicted octanol–water partition coefficient (Wildman–Crippen LogP) is 16.9. The SMILES string of the molecule is CC1(C)c2ccccc2-c2cc3c(-c4ccc5c6c(cccc46)-c4c(-c6ccccc6)ccc(-c6ccccc6)c4-5)c4ccccc4c(-c4ccc5ccccc5c4)c3cc21. The Morgan fingerprint density at radius 2 is 0.803 bits per heavy atom. The van der Waals surface area contributed by atoms with Gasteiger partial charge in [0.15, 0.2) is 0 Å². The molecule has 0 fully saturated rings. The van der Waals surface area contributed by atoms with E-state index in [0.717, 1.165) is 0 Å². The van der Waals surface area contributed by atoms with Gasteiger partial charge in [-0.1, -0.05) is 202 Å². The molecule has 0 aromatic heterocycles. The van der Waals surface area contributed by atoms with Crippen molar-refractivity contribution in [3.63, 3.8) is 0 Å². The maximum atomic E-state index is 2.55. The van der Waals surface area contributed by atoms with E-state index in [0.29, 0.717) is 0 Å². The first-order chi connectivity index (χ1) is 30.0. The topological polar surface area (TPSA) is 0 Å². The van der Waals surface area contributed by atoms with Gasteiger partial charge in [0, 0.05) is 5.41 Å². The van der Waals surface area contributed by atoms with E-state index in [9.17, 15) is 0 Å². The highest BCUT2D eigenvalue weighted by molar-refractivity contribution is 6.28. The van der Waals surface area contributed by atoms with Gasteiger partial charge in [0.05, 0.1) is 0 Å². The van der Waals surface area contributed by atoms with E-state index in [1.54, 1.807) is 0 Å². The van der Waals surface area contributed by atoms with Gasteiger partial charge in [-0.25, -0.2) is 0 Å². The summed E-state index contributed by atoms with van der Waals surface area (Å²) >= 11 is 0. The summed E-state index contributed by atoms with van der Waals surface area (Å²) in [6.45, 7) is 4.80. The van der Waals surface area contributed by atoms with Crippen LogP contribution in [0.15, 0.2) is 206 Å². The fraction of sp³-hybridized carbons (Fsp3) is 0.0492. The molecule has 0 heterocycles. The molecule has 0 radical (unpaired) electrons. The summed E-state index contributed by atoms with van der Waals surface area (Å²) in [5.74, 6) is 0. The molecular weight excluding hydrogens is 733 g/mol. The van der Waals surface area contributed by atoms with Gasteiger partial charge in [0.2, 0.25) is 0 Å². The van der Waals surface area contributed by atoms with Crippen molar-refractivity contribution in [3.8, 4) is 77.9 Å². The quantitative estimate of drug-likeness (QED) is 0.156. The number of rotatable bonds is 4. The monoisotopic (exact) mass is 772 g/mol. The van der Waals surface area contributed by atoms with Gasteiger partial charge >= 0.3 is 0 Å². The van der Waals surface area contributed by atoms with Gasteiger partial charge in [-0.3, -0.25) is 0 Å². The zero-order valence-electron chi connectivity index (χ0n) is 34.1. The second-order valence-electron chi connectivity index (χ2n) is 17.5. The zero-order chi connectivity index (χ0) is 40.4. The minimum absolute atomic E-state index is 0.132. The molecule has 0 bridgehead atoms. The summed E-state index contributed by atoms with van der Waals surface area (Å²) in [5, 5.41) is 10.3. The summed E-state index contributed by atoms with van der Waals surface area (Å²) < 4.78 is 0. The molecule has 2 aliphatic rings. The van der Waals surface area contributed by atoms with Crippen molar-refractivity contribution in [1.29, 1.82) is 0 Å². The van der Waals surface area contributed by atoms with E-state index in [-0.39, 0.29) is 5.41 Å². The Morgan fingerprint density at radius 3 is 1.54 bits per heavy atom. The lowest BCUT2D eigenvalue weighted by Gasteiger charge is -2.24. The molecule has 0 saturated carbocycles. The van der Waals surface area contributed by atoms with Gasteiger partial charge < -0.3 is 0 Å². The van der Waals surface area contributed by atoms with E-state index < -0.39 is 0 Å². The van der Waals surface area contributed by atoms with Crippen molar-refractivity contribution < 1.29 is 0 Å². The molecule has 0 amide bonds. The Labute approximate surface area is 356 Å². The van der Waals surface area contributed by atoms with E-state index in [1.807, 2.05) is 0 Å². The molecule has 0 saturated heterocycles. The number of hydrogen-bond acceptors (Lipinski definition) is 0. The highest BCUT2D eigenvalue weighted by Crippen LogP contribution is 2.58. The summed E-state index contributed by atoms with van der Waals surface area (Å²) in [6.07, 6.45) is 0. The van der Waals surface area contributed by atoms with Crippen molar-refractivity contribution in [2.24, 2.45) is 0 Å². The Kier molecular flexibility index (Phi) is 7.17. The van der Waals surface area contributed by atoms with Crippen LogP contribution in [0.5, 0.6) is 0 Å². The Morgan fingerprint density at radius 1 is 0.262 bits per heavy atom. The average molecular weight is 773 g/mol. The van der Waals surface area contributed by atoms with Crippen molar-refractivity contribution in [2.45, 2.75) is 19.3 Å². The van der Waals surface area contributed by atoms with Crippen molar-refractivity contribution in [2.75, 3.05) is 0 Å². The molecule has 0 heteroatoms. The molecule has 13 rings (SSSR count). The lowest BCUT2D eigenvalue weighted by Crippen LogP contribution is -2.14. The molecule has 284 valence electrons. The highest BCUT2D eigenvalue weighted by Gasteiger charge is 2.37. The van der Waals surface area contributed by atoms with Crippen LogP contribution in [-0.4, -0.2) is 0 Å². The molecule has 11 aromatic carbocycles. The van der Waals surface area contributed by atoms with Crippen LogP contribution >= 0.6 is 0 Å². The predicted molar refractivity (Wildman–Crippen MR) is 260 cm³/mol. The van der Waals surface area contributed by atoms with Crippen molar-refractivity contribution >= 4 is 43.1 Å². The van der Waals surface area contributed by atoms with Gasteiger partial charge in [-0.05, 0) is 150 Å². The van der Waals surface area contributed by atoms with Crippen LogP contribution in [-0.2, 0) is 5.41 Å². The summed E-state index contributed by atoms with van der Waals surface area (Å²) in [4.78, 5) is 0. The molecule has 0 spiro atoms. The van der Waals surface area contributed by atoms with E-state index in [2.05, 4.69) is 220 Å². The third-order valence-corrected chi connectivity index (χ3v) is 14.0. The lowest BCUT2D eigenvalue weighted by molar-refractivity contribution is 0.661. The Balaban J connectivity index is 1.16. The molecular formula is C61H40. The first-order valence-corrected chi connectivity index (χ1v) is 21.5. The molecule has 0 atom stereocenters. The molecule has 11 aromatic rings. The van der Waals surface area contributed by atoms with Crippen LogP contribution < -0.4 is 0 Å². The number of fused-ring (bicyclic) bond motifs is 9. The second-order valence-corrected chi connectivity index (χ2v) is 17.5. The molecule has 0 aliphatic heterocycles. The summed E-state index contributed by atoms with van der Waals surface area (Å²) in [7, 11) is 0. The van der Waals surface area contributed by atoms with E-state index in [4.69, 9.17) is 0 Å². The fourth-order valence-corrected chi connectivity index (χ4v) is 11.2. The van der Waals surface area contributed by atoms with Crippen LogP contribution in [0.1, 0.15) is 25.0 Å². The van der Waals surface area contributed by atoms with Crippen molar-refractivity contribution in [3.05, 3.63) is 217 Å². The van der Waals surface area contributed by atoms with Crippen LogP contribution in [0.25, 0.3) is 121 Å². The van der Waals surface area contributed by atoms with Crippen LogP contribution in [0.2, 0.25) is 0 Å². The first-order valence-electron chi connectivity index (χ1n) is 21.5. The zero-order valence-corrected chi connectivity index (χ0v) is 34.1. The van der Waals surface area contributed by atoms with Gasteiger partial charge in [0.1, 0.15) is 0 Å². The molecule has 2 aliphatic carbocycles. The molecule has 0 unspecified atom stereocenters. The van der Waals surface area contributed by atoms with Gasteiger partial charge in [0.25, 0.3) is 0 Å². The number of benzene rings is 11. The maximum absolute atomic E-state index is 2.55. The third-order valence-electron chi connectivity index (χ3n) is 14.0. The minimum Gasteiger partial charge on any atom is -0.0622 e. The maximum Gasteiger partial charge on any atom is 0.0159 e. The largest absolute Gasteiger partial charge is 0.0622 e. The van der Waals surface area contributed by atoms with Crippen LogP contribution in [0.4, 0.5) is 0 Å².